The molecule has 7 nitrogen and oxygen atoms in total. The molecule has 0 aliphatic rings. The Labute approximate surface area is 170 Å². The summed E-state index contributed by atoms with van der Waals surface area (Å²) in [4.78, 5) is 15.5. The molecule has 1 aromatic carbocycles. The van der Waals surface area contributed by atoms with Crippen LogP contribution in [0.15, 0.2) is 65.6 Å². The fourth-order valence-corrected chi connectivity index (χ4v) is 3.15. The predicted octanol–water partition coefficient (Wildman–Crippen LogP) is 3.68. The molecule has 0 bridgehead atoms. The molecular weight excluding hydrogens is 364 g/mol. The van der Waals surface area contributed by atoms with Gasteiger partial charge in [0, 0.05) is 39.1 Å². The van der Waals surface area contributed by atoms with E-state index in [9.17, 15) is 0 Å². The molecule has 0 spiro atoms. The first-order valence-corrected chi connectivity index (χ1v) is 9.69. The lowest BCUT2D eigenvalue weighted by Crippen LogP contribution is -2.19. The van der Waals surface area contributed by atoms with Crippen molar-refractivity contribution in [2.75, 3.05) is 11.9 Å². The predicted molar refractivity (Wildman–Crippen MR) is 111 cm³/mol. The number of rotatable bonds is 8. The number of benzene rings is 1. The molecule has 0 saturated heterocycles. The Balaban J connectivity index is 1.35. The lowest BCUT2D eigenvalue weighted by atomic mass is 10.1. The van der Waals surface area contributed by atoms with Crippen molar-refractivity contribution in [2.45, 2.75) is 25.8 Å². The largest absolute Gasteiger partial charge is 0.352 e. The third-order valence-electron chi connectivity index (χ3n) is 4.86. The molecule has 7 heteroatoms. The summed E-state index contributed by atoms with van der Waals surface area (Å²) in [7, 11) is 3.98. The van der Waals surface area contributed by atoms with Crippen molar-refractivity contribution >= 4 is 5.82 Å². The summed E-state index contributed by atoms with van der Waals surface area (Å²) < 4.78 is 7.43. The molecule has 0 saturated carbocycles. The van der Waals surface area contributed by atoms with Gasteiger partial charge in [-0.1, -0.05) is 35.5 Å². The number of aromatic nitrogens is 5. The Morgan fingerprint density at radius 2 is 1.90 bits per heavy atom. The third kappa shape index (κ3) is 4.68. The Hall–Kier alpha value is -3.48. The van der Waals surface area contributed by atoms with Gasteiger partial charge in [-0.3, -0.25) is 0 Å². The van der Waals surface area contributed by atoms with Crippen molar-refractivity contribution in [2.24, 2.45) is 7.05 Å². The normalized spacial score (nSPS) is 11.0. The van der Waals surface area contributed by atoms with Crippen molar-refractivity contribution in [3.8, 4) is 11.5 Å². The topological polar surface area (TPSA) is 72.9 Å². The Kier molecular flexibility index (Phi) is 5.65. The van der Waals surface area contributed by atoms with Crippen LogP contribution in [0.4, 0.5) is 5.82 Å². The Morgan fingerprint density at radius 3 is 2.62 bits per heavy atom. The number of pyridine rings is 1. The van der Waals surface area contributed by atoms with Crippen LogP contribution in [0.1, 0.15) is 23.6 Å². The highest BCUT2D eigenvalue weighted by Gasteiger charge is 2.11. The molecule has 0 amide bonds. The first kappa shape index (κ1) is 18.9. The highest BCUT2D eigenvalue weighted by Crippen LogP contribution is 2.20. The standard InChI is InChI=1S/C22H24N6O/c1-27-14-13-23-21(27)16-28(2)20-12-11-18(15-24-20)22-25-19(26-29-22)10-6-9-17-7-4-3-5-8-17/h3-5,7-8,11-15H,6,9-10,16H2,1-2H3. The molecule has 4 aromatic rings. The van der Waals surface area contributed by atoms with Gasteiger partial charge in [-0.25, -0.2) is 9.97 Å². The highest BCUT2D eigenvalue weighted by molar-refractivity contribution is 5.54. The molecule has 0 aliphatic heterocycles. The lowest BCUT2D eigenvalue weighted by molar-refractivity contribution is 0.421. The molecule has 3 heterocycles. The number of anilines is 1. The number of imidazole rings is 1. The van der Waals surface area contributed by atoms with Gasteiger partial charge in [0.15, 0.2) is 5.82 Å². The first-order chi connectivity index (χ1) is 14.2. The van der Waals surface area contributed by atoms with E-state index < -0.39 is 0 Å². The maximum atomic E-state index is 5.43. The quantitative estimate of drug-likeness (QED) is 0.458. The van der Waals surface area contributed by atoms with E-state index in [1.807, 2.05) is 43.1 Å². The maximum absolute atomic E-state index is 5.43. The molecule has 148 valence electrons. The van der Waals surface area contributed by atoms with Gasteiger partial charge >= 0.3 is 0 Å². The van der Waals surface area contributed by atoms with E-state index in [1.165, 1.54) is 5.56 Å². The minimum absolute atomic E-state index is 0.505. The average Bonchev–Trinajstić information content (AvgIpc) is 3.38. The summed E-state index contributed by atoms with van der Waals surface area (Å²) in [6.07, 6.45) is 8.28. The Morgan fingerprint density at radius 1 is 1.03 bits per heavy atom. The zero-order chi connectivity index (χ0) is 20.1. The summed E-state index contributed by atoms with van der Waals surface area (Å²) in [6.45, 7) is 0.683. The summed E-state index contributed by atoms with van der Waals surface area (Å²) in [5.41, 5.74) is 2.15. The van der Waals surface area contributed by atoms with Gasteiger partial charge in [-0.05, 0) is 30.5 Å². The number of hydrogen-bond acceptors (Lipinski definition) is 6. The van der Waals surface area contributed by atoms with Crippen molar-refractivity contribution in [3.05, 3.63) is 78.3 Å². The van der Waals surface area contributed by atoms with Gasteiger partial charge in [-0.15, -0.1) is 0 Å². The molecular formula is C22H24N6O. The van der Waals surface area contributed by atoms with Crippen LogP contribution in [0, 0.1) is 0 Å². The minimum Gasteiger partial charge on any atom is -0.352 e. The Bertz CT molecular complexity index is 1040. The van der Waals surface area contributed by atoms with E-state index in [0.717, 1.165) is 42.3 Å². The smallest absolute Gasteiger partial charge is 0.259 e. The molecule has 29 heavy (non-hydrogen) atoms. The molecule has 3 aromatic heterocycles. The first-order valence-electron chi connectivity index (χ1n) is 9.69. The van der Waals surface area contributed by atoms with E-state index in [-0.39, 0.29) is 0 Å². The van der Waals surface area contributed by atoms with Crippen LogP contribution in [0.2, 0.25) is 0 Å². The van der Waals surface area contributed by atoms with Gasteiger partial charge < -0.3 is 14.0 Å². The summed E-state index contributed by atoms with van der Waals surface area (Å²) >= 11 is 0. The monoisotopic (exact) mass is 388 g/mol. The van der Waals surface area contributed by atoms with Crippen LogP contribution >= 0.6 is 0 Å². The van der Waals surface area contributed by atoms with E-state index in [1.54, 1.807) is 12.4 Å². The molecule has 0 N–H and O–H groups in total. The van der Waals surface area contributed by atoms with Crippen LogP contribution < -0.4 is 4.90 Å². The number of nitrogens with zero attached hydrogens (tertiary/aromatic N) is 6. The second-order valence-electron chi connectivity index (χ2n) is 7.07. The van der Waals surface area contributed by atoms with Crippen molar-refractivity contribution in [1.29, 1.82) is 0 Å². The lowest BCUT2D eigenvalue weighted by Gasteiger charge is -2.17. The van der Waals surface area contributed by atoms with Crippen molar-refractivity contribution < 1.29 is 4.52 Å². The van der Waals surface area contributed by atoms with Crippen LogP contribution in [0.25, 0.3) is 11.5 Å². The fraction of sp³-hybridized carbons (Fsp3) is 0.273. The molecule has 0 fully saturated rings. The van der Waals surface area contributed by atoms with Crippen LogP contribution in [0.5, 0.6) is 0 Å². The fourth-order valence-electron chi connectivity index (χ4n) is 3.15. The number of aryl methyl sites for hydroxylation is 3. The van der Waals surface area contributed by atoms with E-state index >= 15 is 0 Å². The third-order valence-corrected chi connectivity index (χ3v) is 4.86. The zero-order valence-corrected chi connectivity index (χ0v) is 16.7. The summed E-state index contributed by atoms with van der Waals surface area (Å²) in [6, 6.07) is 14.3. The van der Waals surface area contributed by atoms with E-state index in [4.69, 9.17) is 4.52 Å². The van der Waals surface area contributed by atoms with Crippen molar-refractivity contribution in [1.82, 2.24) is 24.7 Å². The molecule has 0 unspecified atom stereocenters. The second-order valence-corrected chi connectivity index (χ2v) is 7.07. The van der Waals surface area contributed by atoms with Gasteiger partial charge in [0.05, 0.1) is 12.1 Å². The zero-order valence-electron chi connectivity index (χ0n) is 16.7. The summed E-state index contributed by atoms with van der Waals surface area (Å²) in [5.74, 6) is 3.08. The van der Waals surface area contributed by atoms with Crippen LogP contribution in [-0.4, -0.2) is 31.7 Å². The molecule has 4 rings (SSSR count). The SMILES string of the molecule is CN(Cc1nccn1C)c1ccc(-c2nc(CCCc3ccccc3)no2)cn1. The molecule has 0 aliphatic carbocycles. The van der Waals surface area contributed by atoms with Crippen LogP contribution in [0.3, 0.4) is 0 Å². The van der Waals surface area contributed by atoms with Crippen LogP contribution in [-0.2, 0) is 26.4 Å². The van der Waals surface area contributed by atoms with Crippen molar-refractivity contribution in [3.63, 3.8) is 0 Å². The van der Waals surface area contributed by atoms with Gasteiger partial charge in [0.2, 0.25) is 0 Å². The maximum Gasteiger partial charge on any atom is 0.259 e. The number of hydrogen-bond donors (Lipinski definition) is 0. The van der Waals surface area contributed by atoms with Gasteiger partial charge in [0.25, 0.3) is 5.89 Å². The molecule has 0 atom stereocenters. The van der Waals surface area contributed by atoms with E-state index in [2.05, 4.69) is 49.3 Å². The van der Waals surface area contributed by atoms with Gasteiger partial charge in [-0.2, -0.15) is 4.98 Å². The second kappa shape index (κ2) is 8.68. The molecule has 0 radical (unpaired) electrons. The average molecular weight is 388 g/mol. The summed E-state index contributed by atoms with van der Waals surface area (Å²) in [5, 5.41) is 4.11. The highest BCUT2D eigenvalue weighted by atomic mass is 16.5. The van der Waals surface area contributed by atoms with E-state index in [0.29, 0.717) is 12.4 Å². The minimum atomic E-state index is 0.505. The van der Waals surface area contributed by atoms with Gasteiger partial charge in [0.1, 0.15) is 11.6 Å².